The summed E-state index contributed by atoms with van der Waals surface area (Å²) in [5.41, 5.74) is 5.87. The molecule has 2 rings (SSSR count). The van der Waals surface area contributed by atoms with Gasteiger partial charge in [0.1, 0.15) is 0 Å². The van der Waals surface area contributed by atoms with Crippen LogP contribution in [0, 0.1) is 0 Å². The van der Waals surface area contributed by atoms with Crippen LogP contribution < -0.4 is 11.1 Å². The summed E-state index contributed by atoms with van der Waals surface area (Å²) in [6, 6.07) is 4.88. The normalized spacial score (nSPS) is 10.2. The van der Waals surface area contributed by atoms with Crippen LogP contribution in [0.3, 0.4) is 0 Å². The Labute approximate surface area is 114 Å². The number of hydrogen-bond acceptors (Lipinski definition) is 5. The molecule has 3 N–H and O–H groups in total. The number of nitrogen functional groups attached to an aromatic ring is 1. The zero-order valence-electron chi connectivity index (χ0n) is 8.28. The van der Waals surface area contributed by atoms with Crippen LogP contribution in [0.5, 0.6) is 0 Å². The van der Waals surface area contributed by atoms with Gasteiger partial charge in [-0.05, 0) is 34.1 Å². The number of nitrogens with zero attached hydrogens (tertiary/aromatic N) is 2. The molecule has 0 radical (unpaired) electrons. The fourth-order valence-corrected chi connectivity index (χ4v) is 2.09. The second kappa shape index (κ2) is 4.99. The largest absolute Gasteiger partial charge is 0.374 e. The van der Waals surface area contributed by atoms with E-state index in [1.165, 1.54) is 0 Å². The quantitative estimate of drug-likeness (QED) is 0.885. The molecule has 0 aliphatic heterocycles. The predicted octanol–water partition coefficient (Wildman–Crippen LogP) is 2.79. The van der Waals surface area contributed by atoms with Crippen molar-refractivity contribution in [1.82, 2.24) is 10.2 Å². The van der Waals surface area contributed by atoms with Crippen molar-refractivity contribution < 1.29 is 4.79 Å². The number of amides is 1. The summed E-state index contributed by atoms with van der Waals surface area (Å²) in [5, 5.41) is 11.1. The number of benzene rings is 1. The Hall–Kier alpha value is -1.18. The second-order valence-electron chi connectivity index (χ2n) is 3.03. The smallest absolute Gasteiger partial charge is 0.257 e. The van der Waals surface area contributed by atoms with Crippen LogP contribution in [-0.2, 0) is 0 Å². The van der Waals surface area contributed by atoms with Crippen molar-refractivity contribution in [1.29, 1.82) is 0 Å². The fourth-order valence-electron chi connectivity index (χ4n) is 1.09. The van der Waals surface area contributed by atoms with E-state index in [9.17, 15) is 4.79 Å². The Morgan fingerprint density at radius 3 is 2.82 bits per heavy atom. The van der Waals surface area contributed by atoms with Gasteiger partial charge in [0.25, 0.3) is 5.91 Å². The van der Waals surface area contributed by atoms with Crippen molar-refractivity contribution in [3.63, 3.8) is 0 Å². The van der Waals surface area contributed by atoms with E-state index >= 15 is 0 Å². The number of rotatable bonds is 2. The monoisotopic (exact) mass is 332 g/mol. The Kier molecular flexibility index (Phi) is 3.60. The Bertz CT molecular complexity index is 574. The summed E-state index contributed by atoms with van der Waals surface area (Å²) in [4.78, 5) is 11.8. The standard InChI is InChI=1S/C9H6BrClN4OS/c10-5-3-4(1-2-6(5)11)7(16)13-9-15-14-8(12)17-9/h1-3H,(H2,12,14)(H,13,15,16). The number of carbonyl (C=O) groups is 1. The third-order valence-corrected chi connectivity index (χ3v) is 3.72. The molecule has 0 atom stereocenters. The number of aromatic nitrogens is 2. The molecule has 0 unspecified atom stereocenters. The maximum absolute atomic E-state index is 11.8. The first kappa shape index (κ1) is 12.3. The molecule has 0 spiro atoms. The van der Waals surface area contributed by atoms with Crippen LogP contribution in [-0.4, -0.2) is 16.1 Å². The van der Waals surface area contributed by atoms with E-state index in [1.54, 1.807) is 18.2 Å². The van der Waals surface area contributed by atoms with Gasteiger partial charge in [-0.25, -0.2) is 0 Å². The molecule has 88 valence electrons. The van der Waals surface area contributed by atoms with Crippen LogP contribution in [0.1, 0.15) is 10.4 Å². The van der Waals surface area contributed by atoms with Crippen molar-refractivity contribution in [3.8, 4) is 0 Å². The topological polar surface area (TPSA) is 80.9 Å². The number of halogens is 2. The number of nitrogens with two attached hydrogens (primary N) is 1. The lowest BCUT2D eigenvalue weighted by atomic mass is 10.2. The highest BCUT2D eigenvalue weighted by molar-refractivity contribution is 9.10. The highest BCUT2D eigenvalue weighted by atomic mass is 79.9. The molecule has 0 aliphatic carbocycles. The van der Waals surface area contributed by atoms with E-state index in [1.807, 2.05) is 0 Å². The van der Waals surface area contributed by atoms with Crippen molar-refractivity contribution in [2.45, 2.75) is 0 Å². The van der Waals surface area contributed by atoms with Gasteiger partial charge in [-0.3, -0.25) is 10.1 Å². The molecule has 0 aliphatic rings. The maximum Gasteiger partial charge on any atom is 0.257 e. The summed E-state index contributed by atoms with van der Waals surface area (Å²) < 4.78 is 0.656. The van der Waals surface area contributed by atoms with Crippen LogP contribution in [0.25, 0.3) is 0 Å². The minimum Gasteiger partial charge on any atom is -0.374 e. The van der Waals surface area contributed by atoms with Gasteiger partial charge >= 0.3 is 0 Å². The molecule has 17 heavy (non-hydrogen) atoms. The van der Waals surface area contributed by atoms with Gasteiger partial charge < -0.3 is 5.73 Å². The molecular formula is C9H6BrClN4OS. The Morgan fingerprint density at radius 2 is 2.24 bits per heavy atom. The molecule has 0 saturated heterocycles. The summed E-state index contributed by atoms with van der Waals surface area (Å²) in [7, 11) is 0. The molecule has 0 saturated carbocycles. The number of hydrogen-bond donors (Lipinski definition) is 2. The van der Waals surface area contributed by atoms with E-state index in [0.29, 0.717) is 25.3 Å². The Morgan fingerprint density at radius 1 is 1.47 bits per heavy atom. The first-order chi connectivity index (χ1) is 8.06. The van der Waals surface area contributed by atoms with Crippen molar-refractivity contribution in [2.75, 3.05) is 11.1 Å². The highest BCUT2D eigenvalue weighted by Crippen LogP contribution is 2.24. The number of anilines is 2. The van der Waals surface area contributed by atoms with Crippen LogP contribution >= 0.6 is 38.9 Å². The van der Waals surface area contributed by atoms with Gasteiger partial charge in [0, 0.05) is 10.0 Å². The van der Waals surface area contributed by atoms with Crippen molar-refractivity contribution >= 4 is 55.0 Å². The first-order valence-electron chi connectivity index (χ1n) is 4.41. The molecule has 0 fully saturated rings. The van der Waals surface area contributed by atoms with E-state index < -0.39 is 0 Å². The van der Waals surface area contributed by atoms with Gasteiger partial charge in [0.15, 0.2) is 0 Å². The fraction of sp³-hybridized carbons (Fsp3) is 0. The number of carbonyl (C=O) groups excluding carboxylic acids is 1. The van der Waals surface area contributed by atoms with Crippen molar-refractivity contribution in [3.05, 3.63) is 33.3 Å². The summed E-state index contributed by atoms with van der Waals surface area (Å²) >= 11 is 10.2. The van der Waals surface area contributed by atoms with Gasteiger partial charge in [0.2, 0.25) is 10.3 Å². The van der Waals surface area contributed by atoms with E-state index in [2.05, 4.69) is 31.4 Å². The zero-order chi connectivity index (χ0) is 12.4. The van der Waals surface area contributed by atoms with E-state index in [-0.39, 0.29) is 5.91 Å². The lowest BCUT2D eigenvalue weighted by molar-refractivity contribution is 0.102. The summed E-state index contributed by atoms with van der Waals surface area (Å²) in [6.45, 7) is 0. The minimum atomic E-state index is -0.293. The predicted molar refractivity (Wildman–Crippen MR) is 71.4 cm³/mol. The Balaban J connectivity index is 2.17. The minimum absolute atomic E-state index is 0.293. The maximum atomic E-state index is 11.8. The van der Waals surface area contributed by atoms with Gasteiger partial charge in [-0.15, -0.1) is 10.2 Å². The van der Waals surface area contributed by atoms with Crippen LogP contribution in [0.15, 0.2) is 22.7 Å². The molecule has 0 bridgehead atoms. The second-order valence-corrected chi connectivity index (χ2v) is 5.30. The third kappa shape index (κ3) is 2.93. The summed E-state index contributed by atoms with van der Waals surface area (Å²) in [5.74, 6) is -0.293. The van der Waals surface area contributed by atoms with Gasteiger partial charge in [-0.1, -0.05) is 22.9 Å². The molecule has 1 aromatic heterocycles. The lowest BCUT2D eigenvalue weighted by Crippen LogP contribution is -2.11. The lowest BCUT2D eigenvalue weighted by Gasteiger charge is -2.02. The highest BCUT2D eigenvalue weighted by Gasteiger charge is 2.10. The average molecular weight is 334 g/mol. The SMILES string of the molecule is Nc1nnc(NC(=O)c2ccc(Cl)c(Br)c2)s1. The summed E-state index contributed by atoms with van der Waals surface area (Å²) in [6.07, 6.45) is 0. The third-order valence-electron chi connectivity index (χ3n) is 1.84. The van der Waals surface area contributed by atoms with Gasteiger partial charge in [-0.2, -0.15) is 0 Å². The molecule has 1 heterocycles. The van der Waals surface area contributed by atoms with E-state index in [4.69, 9.17) is 17.3 Å². The number of nitrogens with one attached hydrogen (secondary N) is 1. The molecule has 2 aromatic rings. The van der Waals surface area contributed by atoms with Gasteiger partial charge in [0.05, 0.1) is 5.02 Å². The first-order valence-corrected chi connectivity index (χ1v) is 6.40. The zero-order valence-corrected chi connectivity index (χ0v) is 11.4. The van der Waals surface area contributed by atoms with Crippen LogP contribution in [0.4, 0.5) is 10.3 Å². The molecule has 8 heteroatoms. The molecular weight excluding hydrogens is 328 g/mol. The molecule has 5 nitrogen and oxygen atoms in total. The molecule has 1 amide bonds. The van der Waals surface area contributed by atoms with E-state index in [0.717, 1.165) is 11.3 Å². The van der Waals surface area contributed by atoms with Crippen LogP contribution in [0.2, 0.25) is 5.02 Å². The van der Waals surface area contributed by atoms with Crippen molar-refractivity contribution in [2.24, 2.45) is 0 Å². The average Bonchev–Trinajstić information content (AvgIpc) is 2.68. The molecule has 1 aromatic carbocycles.